The molecular weight excluding hydrogens is 920 g/mol. The molecule has 0 atom stereocenters. The molecule has 6 nitrogen and oxygen atoms in total. The smallest absolute Gasteiger partial charge is 0.0570 e. The van der Waals surface area contributed by atoms with Crippen LogP contribution in [0, 0.1) is 3.80 Å². The first-order valence-corrected chi connectivity index (χ1v) is 21.4. The maximum atomic E-state index is 6.78. The van der Waals surface area contributed by atoms with E-state index in [2.05, 4.69) is 205 Å². The number of benzene rings is 7. The molecule has 7 heteroatoms. The fourth-order valence-electron chi connectivity index (χ4n) is 8.90. The van der Waals surface area contributed by atoms with Crippen molar-refractivity contribution in [3.8, 4) is 56.7 Å². The number of hydrogen-bond acceptors (Lipinski definition) is 3. The van der Waals surface area contributed by atoms with E-state index in [9.17, 15) is 0 Å². The third-order valence-electron chi connectivity index (χ3n) is 11.9. The van der Waals surface area contributed by atoms with Crippen LogP contribution in [0.2, 0.25) is 0 Å². The summed E-state index contributed by atoms with van der Waals surface area (Å²) < 4.78 is 21.0. The summed E-state index contributed by atoms with van der Waals surface area (Å²) in [5.41, 5.74) is 12.3. The summed E-state index contributed by atoms with van der Waals surface area (Å²) in [6, 6.07) is 61.9. The first-order valence-electron chi connectivity index (χ1n) is 20.3. The SMILES string of the molecule is CC1(C)CCOc2cc3c(cc21)c1ccc(Oc2cccc(-n4[c](=[Pt])n(-c5c(-c6ccccc6)cccc5-c5ccccc5)c5ccccc54)c2)cc1n3-c1ccccn1. The molecule has 0 spiro atoms. The van der Waals surface area contributed by atoms with Crippen molar-refractivity contribution in [3.05, 3.63) is 191 Å². The Morgan fingerprint density at radius 2 is 1.22 bits per heavy atom. The Balaban J connectivity index is 1.05. The molecule has 0 saturated carbocycles. The van der Waals surface area contributed by atoms with E-state index in [0.717, 1.165) is 94.4 Å². The minimum atomic E-state index is 0.0207. The van der Waals surface area contributed by atoms with Gasteiger partial charge in [0.05, 0.1) is 6.61 Å². The number of pyridine rings is 1. The molecule has 10 aromatic rings. The number of hydrogen-bond donors (Lipinski definition) is 0. The molecule has 1 aliphatic rings. The predicted molar refractivity (Wildman–Crippen MR) is 239 cm³/mol. The van der Waals surface area contributed by atoms with Gasteiger partial charge in [-0.2, -0.15) is 0 Å². The van der Waals surface area contributed by atoms with Gasteiger partial charge in [0.15, 0.2) is 0 Å². The minimum absolute atomic E-state index is 0.0207. The van der Waals surface area contributed by atoms with Crippen LogP contribution in [0.5, 0.6) is 17.2 Å². The molecule has 60 heavy (non-hydrogen) atoms. The van der Waals surface area contributed by atoms with E-state index < -0.39 is 0 Å². The molecule has 11 rings (SSSR count). The number of aromatic nitrogens is 4. The Morgan fingerprint density at radius 3 is 1.93 bits per heavy atom. The van der Waals surface area contributed by atoms with Crippen molar-refractivity contribution in [1.29, 1.82) is 0 Å². The summed E-state index contributed by atoms with van der Waals surface area (Å²) in [6.45, 7) is 5.32. The van der Waals surface area contributed by atoms with Gasteiger partial charge in [-0.25, -0.2) is 0 Å². The zero-order valence-electron chi connectivity index (χ0n) is 33.2. The fourth-order valence-corrected chi connectivity index (χ4v) is 9.99. The third kappa shape index (κ3) is 6.05. The van der Waals surface area contributed by atoms with Crippen LogP contribution in [0.1, 0.15) is 25.8 Å². The number of ether oxygens (including phenoxy) is 2. The molecule has 0 fully saturated rings. The second-order valence-electron chi connectivity index (χ2n) is 16.0. The number of nitrogens with zero attached hydrogens (tertiary/aromatic N) is 4. The molecule has 7 aromatic carbocycles. The van der Waals surface area contributed by atoms with Crippen LogP contribution in [0.25, 0.3) is 72.3 Å². The molecule has 294 valence electrons. The molecule has 0 N–H and O–H groups in total. The Morgan fingerprint density at radius 1 is 0.567 bits per heavy atom. The molecule has 4 heterocycles. The Labute approximate surface area is 359 Å². The van der Waals surface area contributed by atoms with Gasteiger partial charge in [0.1, 0.15) is 5.75 Å². The molecular formula is C53H40N4O2Pt. The van der Waals surface area contributed by atoms with Gasteiger partial charge >= 0.3 is 294 Å². The number of imidazole rings is 1. The molecule has 0 amide bonds. The van der Waals surface area contributed by atoms with Gasteiger partial charge in [0.25, 0.3) is 0 Å². The summed E-state index contributed by atoms with van der Waals surface area (Å²) in [5, 5.41) is 2.32. The van der Waals surface area contributed by atoms with Crippen LogP contribution in [-0.2, 0) is 24.8 Å². The predicted octanol–water partition coefficient (Wildman–Crippen LogP) is 13.2. The quantitative estimate of drug-likeness (QED) is 0.160. The van der Waals surface area contributed by atoms with E-state index in [1.807, 2.05) is 24.4 Å². The van der Waals surface area contributed by atoms with Crippen LogP contribution in [-0.4, -0.2) is 25.3 Å². The second-order valence-corrected chi connectivity index (χ2v) is 17.0. The van der Waals surface area contributed by atoms with Crippen LogP contribution in [0.3, 0.4) is 0 Å². The van der Waals surface area contributed by atoms with Crippen LogP contribution in [0.4, 0.5) is 0 Å². The van der Waals surface area contributed by atoms with Crippen molar-refractivity contribution in [2.75, 3.05) is 6.61 Å². The molecule has 0 aliphatic carbocycles. The summed E-state index contributed by atoms with van der Waals surface area (Å²) in [7, 11) is 0. The third-order valence-corrected chi connectivity index (χ3v) is 12.9. The fraction of sp³-hybridized carbons (Fsp3) is 0.0943. The number of para-hydroxylation sites is 3. The summed E-state index contributed by atoms with van der Waals surface area (Å²) in [6.07, 6.45) is 2.82. The van der Waals surface area contributed by atoms with Gasteiger partial charge in [0.2, 0.25) is 0 Å². The summed E-state index contributed by atoms with van der Waals surface area (Å²) in [4.78, 5) is 4.80. The summed E-state index contributed by atoms with van der Waals surface area (Å²) >= 11 is 2.49. The van der Waals surface area contributed by atoms with E-state index >= 15 is 0 Å². The number of fused-ring (bicyclic) bond motifs is 5. The average molecular weight is 960 g/mol. The molecule has 0 saturated heterocycles. The molecule has 1 aliphatic heterocycles. The first-order chi connectivity index (χ1) is 29.4. The van der Waals surface area contributed by atoms with Crippen LogP contribution in [0.15, 0.2) is 182 Å². The zero-order valence-corrected chi connectivity index (χ0v) is 35.4. The second kappa shape index (κ2) is 14.5. The van der Waals surface area contributed by atoms with Gasteiger partial charge in [-0.1, -0.05) is 19.9 Å². The Kier molecular flexibility index (Phi) is 8.79. The first kappa shape index (κ1) is 36.3. The average Bonchev–Trinajstić information content (AvgIpc) is 3.76. The van der Waals surface area contributed by atoms with Gasteiger partial charge in [0, 0.05) is 11.8 Å². The molecule has 0 unspecified atom stereocenters. The summed E-state index contributed by atoms with van der Waals surface area (Å²) in [5.74, 6) is 3.28. The normalized spacial score (nSPS) is 13.4. The van der Waals surface area contributed by atoms with Gasteiger partial charge in [-0.3, -0.25) is 0 Å². The van der Waals surface area contributed by atoms with Crippen molar-refractivity contribution in [2.45, 2.75) is 25.7 Å². The van der Waals surface area contributed by atoms with Crippen LogP contribution < -0.4 is 9.47 Å². The van der Waals surface area contributed by atoms with Gasteiger partial charge in [-0.05, 0) is 17.9 Å². The van der Waals surface area contributed by atoms with E-state index in [4.69, 9.17) is 14.5 Å². The zero-order chi connectivity index (χ0) is 40.4. The maximum absolute atomic E-state index is 6.78. The monoisotopic (exact) mass is 959 g/mol. The molecule has 3 aromatic heterocycles. The van der Waals surface area contributed by atoms with Gasteiger partial charge < -0.3 is 4.74 Å². The van der Waals surface area contributed by atoms with Gasteiger partial charge in [-0.15, -0.1) is 0 Å². The Bertz CT molecular complexity index is 3250. The van der Waals surface area contributed by atoms with E-state index in [1.165, 1.54) is 10.9 Å². The van der Waals surface area contributed by atoms with E-state index in [0.29, 0.717) is 6.61 Å². The topological polar surface area (TPSA) is 46.1 Å². The minimum Gasteiger partial charge on any atom is -0.0570 e. The van der Waals surface area contributed by atoms with Crippen molar-refractivity contribution in [2.24, 2.45) is 0 Å². The van der Waals surface area contributed by atoms with Crippen molar-refractivity contribution >= 4 is 32.8 Å². The Hall–Kier alpha value is -6.75. The molecule has 0 bridgehead atoms. The van der Waals surface area contributed by atoms with Crippen molar-refractivity contribution in [1.82, 2.24) is 18.7 Å². The van der Waals surface area contributed by atoms with E-state index in [-0.39, 0.29) is 5.41 Å². The van der Waals surface area contributed by atoms with Crippen molar-refractivity contribution in [3.63, 3.8) is 0 Å². The molecule has 0 radical (unpaired) electrons. The standard InChI is InChI=1S/C53H40N4O2.Pt/c1-53(2)28-30-58-50-34-49-44(33-45(50)53)43-27-26-40(32-48(43)57(49)51-25-11-12-29-54-51)59-39-20-13-19-38(31-39)55-35-56(47-24-10-9-23-46(47)55)52-41(36-15-5-3-6-16-36)21-14-22-42(52)37-17-7-4-8-18-37;/h3-27,29,31-34H,28,30H2,1-2H3;. The van der Waals surface area contributed by atoms with Crippen LogP contribution >= 0.6 is 0 Å². The van der Waals surface area contributed by atoms with E-state index in [1.54, 1.807) is 0 Å². The van der Waals surface area contributed by atoms with Crippen molar-refractivity contribution < 1.29 is 28.8 Å². The number of rotatable bonds is 7.